The van der Waals surface area contributed by atoms with E-state index in [4.69, 9.17) is 0 Å². The molecule has 1 aliphatic rings. The maximum atomic E-state index is 11.9. The van der Waals surface area contributed by atoms with Gasteiger partial charge in [-0.15, -0.1) is 12.4 Å². The molecule has 5 heteroatoms. The first-order valence-corrected chi connectivity index (χ1v) is 3.33. The van der Waals surface area contributed by atoms with Crippen LogP contribution in [-0.4, -0.2) is 18.3 Å². The highest BCUT2D eigenvalue weighted by Gasteiger charge is 2.42. The summed E-state index contributed by atoms with van der Waals surface area (Å²) in [6.45, 7) is 1.77. The van der Waals surface area contributed by atoms with Gasteiger partial charge in [-0.2, -0.15) is 13.2 Å². The summed E-state index contributed by atoms with van der Waals surface area (Å²) in [6, 6.07) is -1.24. The largest absolute Gasteiger partial charge is 0.403 e. The number of rotatable bonds is 0. The van der Waals surface area contributed by atoms with E-state index in [0.29, 0.717) is 6.42 Å². The highest BCUT2D eigenvalue weighted by atomic mass is 35.5. The lowest BCUT2D eigenvalue weighted by atomic mass is 10.2. The summed E-state index contributed by atoms with van der Waals surface area (Å²) in [6.07, 6.45) is -3.19. The summed E-state index contributed by atoms with van der Waals surface area (Å²) in [5.74, 6) is 0. The molecule has 0 spiro atoms. The molecule has 0 radical (unpaired) electrons. The minimum atomic E-state index is -4.05. The van der Waals surface area contributed by atoms with E-state index < -0.39 is 12.2 Å². The van der Waals surface area contributed by atoms with Crippen molar-refractivity contribution in [2.45, 2.75) is 38.0 Å². The Kier molecular flexibility index (Phi) is 3.64. The van der Waals surface area contributed by atoms with Crippen molar-refractivity contribution >= 4 is 12.4 Å². The third-order valence-electron chi connectivity index (χ3n) is 1.77. The van der Waals surface area contributed by atoms with Gasteiger partial charge < -0.3 is 5.32 Å². The molecule has 0 amide bonds. The van der Waals surface area contributed by atoms with Gasteiger partial charge in [0.25, 0.3) is 0 Å². The van der Waals surface area contributed by atoms with Gasteiger partial charge >= 0.3 is 6.18 Å². The van der Waals surface area contributed by atoms with Gasteiger partial charge in [0.15, 0.2) is 0 Å². The molecule has 1 heterocycles. The normalized spacial score (nSPS) is 31.6. The third-order valence-corrected chi connectivity index (χ3v) is 1.77. The lowest BCUT2D eigenvalue weighted by Gasteiger charge is -2.14. The summed E-state index contributed by atoms with van der Waals surface area (Å²) in [7, 11) is 0. The number of halogens is 4. The first-order valence-electron chi connectivity index (χ1n) is 3.33. The van der Waals surface area contributed by atoms with Crippen molar-refractivity contribution in [2.24, 2.45) is 0 Å². The summed E-state index contributed by atoms with van der Waals surface area (Å²) in [5.41, 5.74) is 0. The maximum absolute atomic E-state index is 11.9. The molecule has 11 heavy (non-hydrogen) atoms. The Balaban J connectivity index is 0.000001000. The van der Waals surface area contributed by atoms with Crippen molar-refractivity contribution in [1.82, 2.24) is 5.32 Å². The summed E-state index contributed by atoms with van der Waals surface area (Å²) >= 11 is 0. The lowest BCUT2D eigenvalue weighted by molar-refractivity contribution is -0.152. The molecule has 1 fully saturated rings. The van der Waals surface area contributed by atoms with Crippen LogP contribution in [0, 0.1) is 0 Å². The van der Waals surface area contributed by atoms with Crippen LogP contribution in [0.15, 0.2) is 0 Å². The Bertz CT molecular complexity index is 125. The van der Waals surface area contributed by atoms with E-state index in [1.165, 1.54) is 0 Å². The van der Waals surface area contributed by atoms with E-state index >= 15 is 0 Å². The minimum absolute atomic E-state index is 0. The first kappa shape index (κ1) is 11.0. The molecule has 0 aromatic rings. The fraction of sp³-hybridized carbons (Fsp3) is 1.00. The fourth-order valence-corrected chi connectivity index (χ4v) is 1.18. The van der Waals surface area contributed by atoms with Crippen LogP contribution in [0.2, 0.25) is 0 Å². The zero-order valence-electron chi connectivity index (χ0n) is 6.11. The van der Waals surface area contributed by atoms with Gasteiger partial charge in [-0.05, 0) is 19.8 Å². The van der Waals surface area contributed by atoms with Crippen LogP contribution >= 0.6 is 12.4 Å². The second-order valence-corrected chi connectivity index (χ2v) is 2.74. The maximum Gasteiger partial charge on any atom is 0.403 e. The molecular formula is C6H11ClF3N. The summed E-state index contributed by atoms with van der Waals surface area (Å²) < 4.78 is 35.6. The van der Waals surface area contributed by atoms with Gasteiger partial charge in [0.05, 0.1) is 0 Å². The summed E-state index contributed by atoms with van der Waals surface area (Å²) in [4.78, 5) is 0. The van der Waals surface area contributed by atoms with Gasteiger partial charge in [-0.1, -0.05) is 0 Å². The van der Waals surface area contributed by atoms with Gasteiger partial charge in [-0.3, -0.25) is 0 Å². The number of hydrogen-bond acceptors (Lipinski definition) is 1. The standard InChI is InChI=1S/C6H10F3N.ClH/c1-4-2-3-5(10-4)6(7,8)9;/h4-5,10H,2-3H2,1H3;1H. The Labute approximate surface area is 69.8 Å². The van der Waals surface area contributed by atoms with Crippen LogP contribution in [0.3, 0.4) is 0 Å². The van der Waals surface area contributed by atoms with Crippen LogP contribution in [0.1, 0.15) is 19.8 Å². The molecule has 2 unspecified atom stereocenters. The van der Waals surface area contributed by atoms with E-state index in [1.807, 2.05) is 0 Å². The van der Waals surface area contributed by atoms with Crippen LogP contribution in [-0.2, 0) is 0 Å². The average molecular weight is 190 g/mol. The van der Waals surface area contributed by atoms with Crippen LogP contribution < -0.4 is 5.32 Å². The van der Waals surface area contributed by atoms with Gasteiger partial charge in [0.1, 0.15) is 6.04 Å². The molecule has 1 saturated heterocycles. The topological polar surface area (TPSA) is 12.0 Å². The smallest absolute Gasteiger partial charge is 0.304 e. The van der Waals surface area contributed by atoms with Crippen molar-refractivity contribution in [3.05, 3.63) is 0 Å². The Hall–Kier alpha value is 0.0400. The molecule has 1 nitrogen and oxygen atoms in total. The number of hydrogen-bond donors (Lipinski definition) is 1. The minimum Gasteiger partial charge on any atom is -0.304 e. The summed E-state index contributed by atoms with van der Waals surface area (Å²) in [5, 5.41) is 2.47. The number of nitrogens with one attached hydrogen (secondary N) is 1. The van der Waals surface area contributed by atoms with Crippen molar-refractivity contribution in [2.75, 3.05) is 0 Å². The van der Waals surface area contributed by atoms with Crippen LogP contribution in [0.5, 0.6) is 0 Å². The molecule has 1 aliphatic heterocycles. The molecule has 1 N–H and O–H groups in total. The van der Waals surface area contributed by atoms with Crippen LogP contribution in [0.4, 0.5) is 13.2 Å². The fourth-order valence-electron chi connectivity index (χ4n) is 1.18. The zero-order chi connectivity index (χ0) is 7.78. The molecular weight excluding hydrogens is 179 g/mol. The van der Waals surface area contributed by atoms with E-state index in [1.54, 1.807) is 6.92 Å². The van der Waals surface area contributed by atoms with E-state index in [2.05, 4.69) is 5.32 Å². The first-order chi connectivity index (χ1) is 4.50. The van der Waals surface area contributed by atoms with E-state index in [-0.39, 0.29) is 24.9 Å². The average Bonchev–Trinajstić information content (AvgIpc) is 2.11. The molecule has 68 valence electrons. The second kappa shape index (κ2) is 3.63. The van der Waals surface area contributed by atoms with E-state index in [0.717, 1.165) is 0 Å². The van der Waals surface area contributed by atoms with Crippen molar-refractivity contribution in [1.29, 1.82) is 0 Å². The monoisotopic (exact) mass is 189 g/mol. The molecule has 0 aromatic heterocycles. The van der Waals surface area contributed by atoms with Crippen LogP contribution in [0.25, 0.3) is 0 Å². The van der Waals surface area contributed by atoms with E-state index in [9.17, 15) is 13.2 Å². The molecule has 1 rings (SSSR count). The molecule has 0 saturated carbocycles. The Morgan fingerprint density at radius 1 is 1.27 bits per heavy atom. The van der Waals surface area contributed by atoms with Gasteiger partial charge in [-0.25, -0.2) is 0 Å². The molecule has 2 atom stereocenters. The van der Waals surface area contributed by atoms with Crippen molar-refractivity contribution < 1.29 is 13.2 Å². The lowest BCUT2D eigenvalue weighted by Crippen LogP contribution is -2.39. The van der Waals surface area contributed by atoms with Crippen molar-refractivity contribution in [3.63, 3.8) is 0 Å². The third kappa shape index (κ3) is 2.87. The molecule has 0 bridgehead atoms. The van der Waals surface area contributed by atoms with Gasteiger partial charge in [0, 0.05) is 6.04 Å². The Morgan fingerprint density at radius 2 is 1.82 bits per heavy atom. The Morgan fingerprint density at radius 3 is 2.00 bits per heavy atom. The zero-order valence-corrected chi connectivity index (χ0v) is 6.93. The quantitative estimate of drug-likeness (QED) is 0.616. The highest BCUT2D eigenvalue weighted by Crippen LogP contribution is 2.28. The number of alkyl halides is 3. The van der Waals surface area contributed by atoms with Gasteiger partial charge in [0.2, 0.25) is 0 Å². The second-order valence-electron chi connectivity index (χ2n) is 2.74. The molecule has 0 aromatic carbocycles. The highest BCUT2D eigenvalue weighted by molar-refractivity contribution is 5.85. The van der Waals surface area contributed by atoms with Crippen molar-refractivity contribution in [3.8, 4) is 0 Å². The molecule has 0 aliphatic carbocycles. The SMILES string of the molecule is CC1CCC(C(F)(F)F)N1.Cl. The predicted molar refractivity (Wildman–Crippen MR) is 38.9 cm³/mol. The predicted octanol–water partition coefficient (Wildman–Crippen LogP) is 2.11.